The molecule has 4 nitrogen and oxygen atoms in total. The van der Waals surface area contributed by atoms with Gasteiger partial charge in [-0.1, -0.05) is 0 Å². The number of rotatable bonds is 5. The van der Waals surface area contributed by atoms with Gasteiger partial charge in [-0.15, -0.1) is 0 Å². The summed E-state index contributed by atoms with van der Waals surface area (Å²) in [5.41, 5.74) is 0. The standard InChI is InChI=1S/C9H7BrF7N3O/c10-5-3-19-20(4-5)2-1-18-6(21)7(11,12)8(13,14)9(15,16)17/h3-4H,1-2H2,(H,18,21). The first-order chi connectivity index (χ1) is 9.39. The number of carbonyl (C=O) groups is 1. The minimum atomic E-state index is -6.54. The number of halogens is 8. The van der Waals surface area contributed by atoms with Crippen LogP contribution >= 0.6 is 15.9 Å². The van der Waals surface area contributed by atoms with E-state index in [1.54, 1.807) is 0 Å². The second kappa shape index (κ2) is 5.81. The number of nitrogens with one attached hydrogen (secondary N) is 1. The van der Waals surface area contributed by atoms with Gasteiger partial charge < -0.3 is 5.32 Å². The van der Waals surface area contributed by atoms with Gasteiger partial charge in [0.25, 0.3) is 5.91 Å². The van der Waals surface area contributed by atoms with E-state index in [0.717, 1.165) is 4.68 Å². The van der Waals surface area contributed by atoms with Crippen molar-refractivity contribution in [2.45, 2.75) is 24.6 Å². The van der Waals surface area contributed by atoms with Gasteiger partial charge in [-0.25, -0.2) is 0 Å². The molecule has 0 aliphatic heterocycles. The van der Waals surface area contributed by atoms with Crippen molar-refractivity contribution in [3.63, 3.8) is 0 Å². The first-order valence-corrected chi connectivity index (χ1v) is 5.97. The molecule has 0 aromatic carbocycles. The lowest BCUT2D eigenvalue weighted by Crippen LogP contribution is -2.59. The highest BCUT2D eigenvalue weighted by atomic mass is 79.9. The molecule has 0 spiro atoms. The van der Waals surface area contributed by atoms with Crippen LogP contribution in [0.15, 0.2) is 16.9 Å². The van der Waals surface area contributed by atoms with Gasteiger partial charge in [0, 0.05) is 12.7 Å². The van der Waals surface area contributed by atoms with Crippen molar-refractivity contribution in [1.82, 2.24) is 15.1 Å². The van der Waals surface area contributed by atoms with E-state index >= 15 is 0 Å². The lowest BCUT2D eigenvalue weighted by molar-refractivity contribution is -0.344. The minimum absolute atomic E-state index is 0.189. The van der Waals surface area contributed by atoms with Gasteiger partial charge in [0.15, 0.2) is 0 Å². The Balaban J connectivity index is 2.65. The number of aromatic nitrogens is 2. The maximum absolute atomic E-state index is 12.9. The Hall–Kier alpha value is -1.33. The monoisotopic (exact) mass is 385 g/mol. The molecule has 0 unspecified atom stereocenters. The summed E-state index contributed by atoms with van der Waals surface area (Å²) in [4.78, 5) is 10.9. The Morgan fingerprint density at radius 1 is 1.24 bits per heavy atom. The molecule has 1 amide bonds. The summed E-state index contributed by atoms with van der Waals surface area (Å²) in [6.45, 7) is -0.790. The van der Waals surface area contributed by atoms with Crippen LogP contribution in [0, 0.1) is 0 Å². The van der Waals surface area contributed by atoms with E-state index in [2.05, 4.69) is 21.0 Å². The van der Waals surface area contributed by atoms with E-state index < -0.39 is 30.5 Å². The van der Waals surface area contributed by atoms with E-state index in [1.807, 2.05) is 0 Å². The van der Waals surface area contributed by atoms with Crippen LogP contribution in [-0.2, 0) is 11.3 Å². The highest BCUT2D eigenvalue weighted by Gasteiger charge is 2.76. The van der Waals surface area contributed by atoms with Crippen molar-refractivity contribution in [2.24, 2.45) is 0 Å². The fraction of sp³-hybridized carbons (Fsp3) is 0.556. The molecule has 12 heteroatoms. The Kier molecular flexibility index (Phi) is 4.90. The molecule has 0 radical (unpaired) electrons. The predicted molar refractivity (Wildman–Crippen MR) is 58.9 cm³/mol. The molecule has 1 N–H and O–H groups in total. The zero-order valence-corrected chi connectivity index (χ0v) is 11.5. The van der Waals surface area contributed by atoms with Crippen LogP contribution in [0.3, 0.4) is 0 Å². The second-order valence-corrected chi connectivity index (χ2v) is 4.74. The summed E-state index contributed by atoms with van der Waals surface area (Å²) in [6.07, 6.45) is -3.83. The van der Waals surface area contributed by atoms with Gasteiger partial charge in [-0.3, -0.25) is 9.48 Å². The molecule has 0 atom stereocenters. The molecule has 1 aromatic heterocycles. The van der Waals surface area contributed by atoms with Crippen molar-refractivity contribution in [3.05, 3.63) is 16.9 Å². The quantitative estimate of drug-likeness (QED) is 0.792. The largest absolute Gasteiger partial charge is 0.460 e. The Labute approximate surface area is 121 Å². The van der Waals surface area contributed by atoms with E-state index in [4.69, 9.17) is 0 Å². The molecular formula is C9H7BrF7N3O. The SMILES string of the molecule is O=C(NCCn1cc(Br)cn1)C(F)(F)C(F)(F)C(F)(F)F. The van der Waals surface area contributed by atoms with Crippen LogP contribution in [0.4, 0.5) is 30.7 Å². The first-order valence-electron chi connectivity index (χ1n) is 5.18. The van der Waals surface area contributed by atoms with Crippen LogP contribution in [0.1, 0.15) is 0 Å². The van der Waals surface area contributed by atoms with Crippen molar-refractivity contribution in [1.29, 1.82) is 0 Å². The normalized spacial score (nSPS) is 13.3. The molecule has 0 aliphatic rings. The average molecular weight is 386 g/mol. The summed E-state index contributed by atoms with van der Waals surface area (Å²) < 4.78 is 88.2. The molecule has 0 saturated heterocycles. The summed E-state index contributed by atoms with van der Waals surface area (Å²) in [6, 6.07) is 0. The Morgan fingerprint density at radius 2 is 1.81 bits per heavy atom. The Bertz CT molecular complexity index is 514. The second-order valence-electron chi connectivity index (χ2n) is 3.82. The molecule has 1 rings (SSSR count). The van der Waals surface area contributed by atoms with Crippen molar-refractivity contribution < 1.29 is 35.5 Å². The van der Waals surface area contributed by atoms with E-state index in [0.29, 0.717) is 4.47 Å². The topological polar surface area (TPSA) is 46.9 Å². The van der Waals surface area contributed by atoms with E-state index in [1.165, 1.54) is 17.7 Å². The molecule has 0 saturated carbocycles. The predicted octanol–water partition coefficient (Wildman–Crippen LogP) is 2.59. The summed E-state index contributed by atoms with van der Waals surface area (Å²) >= 11 is 3.02. The van der Waals surface area contributed by atoms with Crippen LogP contribution in [0.2, 0.25) is 0 Å². The first kappa shape index (κ1) is 17.7. The van der Waals surface area contributed by atoms with Gasteiger partial charge in [0.05, 0.1) is 17.2 Å². The molecule has 21 heavy (non-hydrogen) atoms. The fourth-order valence-corrected chi connectivity index (χ4v) is 1.50. The van der Waals surface area contributed by atoms with Crippen molar-refractivity contribution >= 4 is 21.8 Å². The zero-order chi connectivity index (χ0) is 16.5. The maximum atomic E-state index is 12.9. The lowest BCUT2D eigenvalue weighted by Gasteiger charge is -2.27. The summed E-state index contributed by atoms with van der Waals surface area (Å²) in [5, 5.41) is 4.98. The third-order valence-corrected chi connectivity index (χ3v) is 2.67. The van der Waals surface area contributed by atoms with Gasteiger partial charge in [-0.2, -0.15) is 35.8 Å². The molecule has 0 bridgehead atoms. The van der Waals surface area contributed by atoms with Crippen molar-refractivity contribution in [2.75, 3.05) is 6.54 Å². The number of nitrogens with zero attached hydrogens (tertiary/aromatic N) is 2. The van der Waals surface area contributed by atoms with Gasteiger partial charge in [-0.05, 0) is 15.9 Å². The number of carbonyl (C=O) groups excluding carboxylic acids is 1. The lowest BCUT2D eigenvalue weighted by atomic mass is 10.1. The number of alkyl halides is 7. The van der Waals surface area contributed by atoms with E-state index in [-0.39, 0.29) is 6.54 Å². The fourth-order valence-electron chi connectivity index (χ4n) is 1.18. The highest BCUT2D eigenvalue weighted by Crippen LogP contribution is 2.46. The zero-order valence-electron chi connectivity index (χ0n) is 9.90. The summed E-state index contributed by atoms with van der Waals surface area (Å²) in [5.74, 6) is -15.1. The minimum Gasteiger partial charge on any atom is -0.349 e. The third-order valence-electron chi connectivity index (χ3n) is 2.26. The number of amides is 1. The molecular weight excluding hydrogens is 379 g/mol. The maximum Gasteiger partial charge on any atom is 0.460 e. The van der Waals surface area contributed by atoms with Crippen LogP contribution in [0.25, 0.3) is 0 Å². The van der Waals surface area contributed by atoms with Crippen molar-refractivity contribution in [3.8, 4) is 0 Å². The number of hydrogen-bond donors (Lipinski definition) is 1. The third kappa shape index (κ3) is 3.66. The van der Waals surface area contributed by atoms with Gasteiger partial charge in [0.2, 0.25) is 0 Å². The molecule has 120 valence electrons. The highest BCUT2D eigenvalue weighted by molar-refractivity contribution is 9.10. The van der Waals surface area contributed by atoms with Crippen LogP contribution in [0.5, 0.6) is 0 Å². The van der Waals surface area contributed by atoms with Crippen LogP contribution < -0.4 is 5.32 Å². The van der Waals surface area contributed by atoms with Crippen LogP contribution in [-0.4, -0.2) is 40.3 Å². The van der Waals surface area contributed by atoms with Gasteiger partial charge >= 0.3 is 18.0 Å². The number of hydrogen-bond acceptors (Lipinski definition) is 2. The molecule has 1 aromatic rings. The smallest absolute Gasteiger partial charge is 0.349 e. The Morgan fingerprint density at radius 3 is 2.24 bits per heavy atom. The summed E-state index contributed by atoms with van der Waals surface area (Å²) in [7, 11) is 0. The molecule has 0 aliphatic carbocycles. The van der Waals surface area contributed by atoms with Gasteiger partial charge in [0.1, 0.15) is 0 Å². The average Bonchev–Trinajstić information content (AvgIpc) is 2.73. The van der Waals surface area contributed by atoms with E-state index in [9.17, 15) is 35.5 Å². The molecule has 1 heterocycles. The molecule has 0 fully saturated rings.